The maximum Gasteiger partial charge on any atom is 0.322 e. The zero-order valence-electron chi connectivity index (χ0n) is 15.7. The lowest BCUT2D eigenvalue weighted by Crippen LogP contribution is -2.54. The van der Waals surface area contributed by atoms with Crippen LogP contribution in [-0.2, 0) is 16.3 Å². The molecule has 148 valence electrons. The molecule has 0 aliphatic carbocycles. The topological polar surface area (TPSA) is 98.8 Å². The van der Waals surface area contributed by atoms with E-state index in [-0.39, 0.29) is 23.0 Å². The molecule has 1 fully saturated rings. The Bertz CT molecular complexity index is 840. The van der Waals surface area contributed by atoms with E-state index < -0.39 is 9.84 Å². The Hall–Kier alpha value is -2.29. The van der Waals surface area contributed by atoms with E-state index in [1.807, 2.05) is 6.92 Å². The summed E-state index contributed by atoms with van der Waals surface area (Å²) in [6, 6.07) is 4.49. The number of nitrogens with zero attached hydrogens (tertiary/aromatic N) is 2. The van der Waals surface area contributed by atoms with Gasteiger partial charge in [-0.15, -0.1) is 0 Å². The van der Waals surface area contributed by atoms with E-state index in [1.165, 1.54) is 12.3 Å². The van der Waals surface area contributed by atoms with Gasteiger partial charge >= 0.3 is 12.1 Å². The van der Waals surface area contributed by atoms with Gasteiger partial charge in [-0.05, 0) is 49.9 Å². The molecule has 1 aromatic rings. The van der Waals surface area contributed by atoms with Crippen molar-refractivity contribution in [2.75, 3.05) is 37.3 Å². The fourth-order valence-electron chi connectivity index (χ4n) is 3.61. The van der Waals surface area contributed by atoms with Crippen LogP contribution in [0.4, 0.5) is 15.3 Å². The van der Waals surface area contributed by atoms with E-state index in [1.54, 1.807) is 21.9 Å². The lowest BCUT2D eigenvalue weighted by atomic mass is 10.1. The number of amides is 4. The number of rotatable bonds is 3. The maximum absolute atomic E-state index is 12.7. The third-order valence-electron chi connectivity index (χ3n) is 4.98. The summed E-state index contributed by atoms with van der Waals surface area (Å²) >= 11 is 0. The third-order valence-corrected chi connectivity index (χ3v) is 6.09. The summed E-state index contributed by atoms with van der Waals surface area (Å²) in [5.41, 5.74) is 1.61. The Morgan fingerprint density at radius 1 is 1.22 bits per heavy atom. The van der Waals surface area contributed by atoms with Crippen LogP contribution in [0.3, 0.4) is 0 Å². The lowest BCUT2D eigenvalue weighted by molar-refractivity contribution is 0.173. The van der Waals surface area contributed by atoms with Gasteiger partial charge in [0.15, 0.2) is 9.84 Å². The quantitative estimate of drug-likeness (QED) is 0.809. The zero-order chi connectivity index (χ0) is 19.6. The summed E-state index contributed by atoms with van der Waals surface area (Å²) in [5, 5.41) is 5.81. The highest BCUT2D eigenvalue weighted by Gasteiger charge is 2.29. The average molecular weight is 394 g/mol. The SMILES string of the molecule is CCNC(=O)N1CCCC(NC(=O)N2CCc3cc(S(C)(=O)=O)ccc32)C1. The summed E-state index contributed by atoms with van der Waals surface area (Å²) in [4.78, 5) is 28.4. The number of likely N-dealkylation sites (tertiary alicyclic amines) is 1. The van der Waals surface area contributed by atoms with Crippen molar-refractivity contribution in [1.29, 1.82) is 0 Å². The zero-order valence-corrected chi connectivity index (χ0v) is 16.5. The third kappa shape index (κ3) is 4.35. The molecule has 8 nitrogen and oxygen atoms in total. The summed E-state index contributed by atoms with van der Waals surface area (Å²) in [7, 11) is -3.27. The molecule has 0 aromatic heterocycles. The molecule has 27 heavy (non-hydrogen) atoms. The van der Waals surface area contributed by atoms with Crippen molar-refractivity contribution < 1.29 is 18.0 Å². The van der Waals surface area contributed by atoms with Gasteiger partial charge in [0.05, 0.1) is 4.90 Å². The van der Waals surface area contributed by atoms with Crippen LogP contribution in [0.15, 0.2) is 23.1 Å². The average Bonchev–Trinajstić information content (AvgIpc) is 3.04. The molecule has 2 aliphatic heterocycles. The Morgan fingerprint density at radius 3 is 2.70 bits per heavy atom. The molecule has 0 radical (unpaired) electrons. The fraction of sp³-hybridized carbons (Fsp3) is 0.556. The maximum atomic E-state index is 12.7. The van der Waals surface area contributed by atoms with Crippen molar-refractivity contribution in [3.05, 3.63) is 23.8 Å². The molecule has 2 aliphatic rings. The summed E-state index contributed by atoms with van der Waals surface area (Å²) in [6.07, 6.45) is 3.48. The molecule has 1 unspecified atom stereocenters. The monoisotopic (exact) mass is 394 g/mol. The normalized spacial score (nSPS) is 19.6. The summed E-state index contributed by atoms with van der Waals surface area (Å²) in [6.45, 7) is 4.15. The predicted octanol–water partition coefficient (Wildman–Crippen LogP) is 1.36. The fourth-order valence-corrected chi connectivity index (χ4v) is 4.29. The molecule has 0 bridgehead atoms. The van der Waals surface area contributed by atoms with Crippen molar-refractivity contribution in [3.8, 4) is 0 Å². The largest absolute Gasteiger partial charge is 0.338 e. The first-order valence-corrected chi connectivity index (χ1v) is 11.1. The highest BCUT2D eigenvalue weighted by Crippen LogP contribution is 2.30. The number of anilines is 1. The van der Waals surface area contributed by atoms with E-state index in [0.717, 1.165) is 24.1 Å². The van der Waals surface area contributed by atoms with Crippen LogP contribution in [0.1, 0.15) is 25.3 Å². The highest BCUT2D eigenvalue weighted by atomic mass is 32.2. The van der Waals surface area contributed by atoms with E-state index in [4.69, 9.17) is 0 Å². The Kier molecular flexibility index (Phi) is 5.59. The van der Waals surface area contributed by atoms with Crippen LogP contribution in [0.25, 0.3) is 0 Å². The van der Waals surface area contributed by atoms with Crippen molar-refractivity contribution in [2.45, 2.75) is 37.1 Å². The van der Waals surface area contributed by atoms with E-state index >= 15 is 0 Å². The molecule has 0 saturated carbocycles. The second-order valence-electron chi connectivity index (χ2n) is 7.03. The van der Waals surface area contributed by atoms with Crippen LogP contribution in [-0.4, -0.2) is 63.9 Å². The number of urea groups is 2. The summed E-state index contributed by atoms with van der Waals surface area (Å²) in [5.74, 6) is 0. The Balaban J connectivity index is 1.66. The minimum atomic E-state index is -3.27. The van der Waals surface area contributed by atoms with Crippen molar-refractivity contribution >= 4 is 27.6 Å². The van der Waals surface area contributed by atoms with Crippen LogP contribution in [0.5, 0.6) is 0 Å². The molecular formula is C18H26N4O4S. The highest BCUT2D eigenvalue weighted by molar-refractivity contribution is 7.90. The first kappa shape index (κ1) is 19.5. The van der Waals surface area contributed by atoms with Gasteiger partial charge in [0.1, 0.15) is 0 Å². The number of nitrogens with one attached hydrogen (secondary N) is 2. The molecule has 2 N–H and O–H groups in total. The molecule has 4 amide bonds. The number of benzene rings is 1. The van der Waals surface area contributed by atoms with Crippen LogP contribution >= 0.6 is 0 Å². The molecule has 9 heteroatoms. The Labute approximate surface area is 159 Å². The van der Waals surface area contributed by atoms with Gasteiger partial charge in [-0.25, -0.2) is 18.0 Å². The van der Waals surface area contributed by atoms with Crippen LogP contribution in [0.2, 0.25) is 0 Å². The minimum Gasteiger partial charge on any atom is -0.338 e. The molecule has 1 aromatic carbocycles. The summed E-state index contributed by atoms with van der Waals surface area (Å²) < 4.78 is 23.4. The van der Waals surface area contributed by atoms with Gasteiger partial charge < -0.3 is 15.5 Å². The molecule has 2 heterocycles. The lowest BCUT2D eigenvalue weighted by Gasteiger charge is -2.34. The number of carbonyl (C=O) groups excluding carboxylic acids is 2. The number of hydrogen-bond donors (Lipinski definition) is 2. The van der Waals surface area contributed by atoms with Crippen molar-refractivity contribution in [1.82, 2.24) is 15.5 Å². The van der Waals surface area contributed by atoms with Crippen molar-refractivity contribution in [3.63, 3.8) is 0 Å². The standard InChI is InChI=1S/C18H26N4O4S/c1-3-19-17(23)21-9-4-5-14(12-21)20-18(24)22-10-8-13-11-15(27(2,25)26)6-7-16(13)22/h6-7,11,14H,3-5,8-10,12H2,1-2H3,(H,19,23)(H,20,24). The van der Waals surface area contributed by atoms with E-state index in [2.05, 4.69) is 10.6 Å². The minimum absolute atomic E-state index is 0.0896. The van der Waals surface area contributed by atoms with E-state index in [0.29, 0.717) is 32.6 Å². The van der Waals surface area contributed by atoms with Gasteiger partial charge in [-0.3, -0.25) is 4.90 Å². The number of piperidine rings is 1. The molecule has 1 atom stereocenters. The number of fused-ring (bicyclic) bond motifs is 1. The second-order valence-corrected chi connectivity index (χ2v) is 9.05. The second kappa shape index (κ2) is 7.75. The molecule has 0 spiro atoms. The van der Waals surface area contributed by atoms with E-state index in [9.17, 15) is 18.0 Å². The van der Waals surface area contributed by atoms with Crippen LogP contribution < -0.4 is 15.5 Å². The van der Waals surface area contributed by atoms with Crippen LogP contribution in [0, 0.1) is 0 Å². The van der Waals surface area contributed by atoms with Gasteiger partial charge in [0, 0.05) is 44.2 Å². The first-order valence-electron chi connectivity index (χ1n) is 9.23. The predicted molar refractivity (Wildman–Crippen MR) is 103 cm³/mol. The first-order chi connectivity index (χ1) is 12.8. The van der Waals surface area contributed by atoms with Gasteiger partial charge in [-0.2, -0.15) is 0 Å². The smallest absolute Gasteiger partial charge is 0.322 e. The number of hydrogen-bond acceptors (Lipinski definition) is 4. The van der Waals surface area contributed by atoms with Gasteiger partial charge in [0.2, 0.25) is 0 Å². The van der Waals surface area contributed by atoms with Gasteiger partial charge in [0.25, 0.3) is 0 Å². The number of carbonyl (C=O) groups is 2. The Morgan fingerprint density at radius 2 is 2.00 bits per heavy atom. The molecular weight excluding hydrogens is 368 g/mol. The number of sulfone groups is 1. The van der Waals surface area contributed by atoms with Gasteiger partial charge in [-0.1, -0.05) is 0 Å². The molecule has 1 saturated heterocycles. The van der Waals surface area contributed by atoms with Crippen molar-refractivity contribution in [2.24, 2.45) is 0 Å². The molecule has 3 rings (SSSR count).